The summed E-state index contributed by atoms with van der Waals surface area (Å²) < 4.78 is 36.9. The van der Waals surface area contributed by atoms with Crippen molar-refractivity contribution in [3.05, 3.63) is 35.4 Å². The van der Waals surface area contributed by atoms with E-state index in [1.54, 1.807) is 0 Å². The number of rotatable bonds is 4. The molecule has 1 heterocycles. The van der Waals surface area contributed by atoms with Gasteiger partial charge in [-0.05, 0) is 17.5 Å². The summed E-state index contributed by atoms with van der Waals surface area (Å²) in [6.45, 7) is 4.55. The molecular formula is C15H21F3N2. The van der Waals surface area contributed by atoms with Crippen molar-refractivity contribution in [1.29, 1.82) is 0 Å². The number of halogens is 3. The molecule has 0 aromatic heterocycles. The number of hydrogen-bond donors (Lipinski definition) is 0. The Morgan fingerprint density at radius 3 is 2.20 bits per heavy atom. The van der Waals surface area contributed by atoms with Gasteiger partial charge in [0.05, 0.1) is 6.54 Å². The summed E-state index contributed by atoms with van der Waals surface area (Å²) in [5, 5.41) is 0. The maximum atomic E-state index is 12.3. The Kier molecular flexibility index (Phi) is 5.05. The van der Waals surface area contributed by atoms with Crippen LogP contribution in [0.3, 0.4) is 0 Å². The van der Waals surface area contributed by atoms with Gasteiger partial charge < -0.3 is 0 Å². The fourth-order valence-electron chi connectivity index (χ4n) is 2.57. The van der Waals surface area contributed by atoms with Gasteiger partial charge in [-0.25, -0.2) is 0 Å². The molecule has 1 aliphatic heterocycles. The molecule has 0 saturated carbocycles. The van der Waals surface area contributed by atoms with Gasteiger partial charge in [-0.3, -0.25) is 9.80 Å². The predicted octanol–water partition coefficient (Wildman–Crippen LogP) is 2.93. The first-order valence-electron chi connectivity index (χ1n) is 7.05. The minimum Gasteiger partial charge on any atom is -0.297 e. The molecule has 1 fully saturated rings. The standard InChI is InChI=1S/C15H21F3N2/c1-2-13-4-3-5-14(10-13)11-19-6-8-20(9-7-19)12-15(16,17)18/h3-5,10H,2,6-9,11-12H2,1H3. The van der Waals surface area contributed by atoms with Crippen molar-refractivity contribution in [2.75, 3.05) is 32.7 Å². The third-order valence-electron chi connectivity index (χ3n) is 3.67. The summed E-state index contributed by atoms with van der Waals surface area (Å²) in [4.78, 5) is 3.71. The molecule has 0 atom stereocenters. The van der Waals surface area contributed by atoms with Crippen molar-refractivity contribution in [2.24, 2.45) is 0 Å². The Hall–Kier alpha value is -1.07. The van der Waals surface area contributed by atoms with Gasteiger partial charge in [0.2, 0.25) is 0 Å². The van der Waals surface area contributed by atoms with Crippen molar-refractivity contribution < 1.29 is 13.2 Å². The Labute approximate surface area is 118 Å². The predicted molar refractivity (Wildman–Crippen MR) is 73.6 cm³/mol. The molecule has 2 nitrogen and oxygen atoms in total. The molecule has 1 aromatic rings. The molecule has 0 unspecified atom stereocenters. The van der Waals surface area contributed by atoms with Gasteiger partial charge in [-0.15, -0.1) is 0 Å². The van der Waals surface area contributed by atoms with Gasteiger partial charge in [-0.1, -0.05) is 31.2 Å². The van der Waals surface area contributed by atoms with Crippen molar-refractivity contribution in [3.8, 4) is 0 Å². The minimum absolute atomic E-state index is 0.493. The lowest BCUT2D eigenvalue weighted by Crippen LogP contribution is -2.48. The lowest BCUT2D eigenvalue weighted by molar-refractivity contribution is -0.149. The first kappa shape index (κ1) is 15.3. The molecule has 0 spiro atoms. The zero-order chi connectivity index (χ0) is 14.6. The molecule has 0 aliphatic carbocycles. The number of alkyl halides is 3. The van der Waals surface area contributed by atoms with Gasteiger partial charge in [0.1, 0.15) is 0 Å². The van der Waals surface area contributed by atoms with Gasteiger partial charge in [0.25, 0.3) is 0 Å². The first-order valence-corrected chi connectivity index (χ1v) is 7.05. The van der Waals surface area contributed by atoms with Gasteiger partial charge in [-0.2, -0.15) is 13.2 Å². The SMILES string of the molecule is CCc1cccc(CN2CCN(CC(F)(F)F)CC2)c1. The second-order valence-corrected chi connectivity index (χ2v) is 5.34. The summed E-state index contributed by atoms with van der Waals surface area (Å²) in [6, 6.07) is 8.42. The largest absolute Gasteiger partial charge is 0.401 e. The van der Waals surface area contributed by atoms with E-state index in [1.807, 2.05) is 6.07 Å². The van der Waals surface area contributed by atoms with Crippen LogP contribution in [0, 0.1) is 0 Å². The smallest absolute Gasteiger partial charge is 0.297 e. The Bertz CT molecular complexity index is 423. The van der Waals surface area contributed by atoms with Gasteiger partial charge in [0, 0.05) is 32.7 Å². The molecule has 1 aliphatic rings. The van der Waals surface area contributed by atoms with Crippen LogP contribution >= 0.6 is 0 Å². The van der Waals surface area contributed by atoms with E-state index >= 15 is 0 Å². The Balaban J connectivity index is 1.82. The zero-order valence-electron chi connectivity index (χ0n) is 11.8. The van der Waals surface area contributed by atoms with Crippen LogP contribution in [0.4, 0.5) is 13.2 Å². The van der Waals surface area contributed by atoms with Crippen LogP contribution in [-0.2, 0) is 13.0 Å². The zero-order valence-corrected chi connectivity index (χ0v) is 11.8. The topological polar surface area (TPSA) is 6.48 Å². The molecule has 112 valence electrons. The van der Waals surface area contributed by atoms with E-state index < -0.39 is 12.7 Å². The van der Waals surface area contributed by atoms with E-state index in [1.165, 1.54) is 16.0 Å². The average Bonchev–Trinajstić information content (AvgIpc) is 2.40. The van der Waals surface area contributed by atoms with Crippen LogP contribution in [-0.4, -0.2) is 48.7 Å². The molecule has 20 heavy (non-hydrogen) atoms. The van der Waals surface area contributed by atoms with Crippen molar-refractivity contribution >= 4 is 0 Å². The molecule has 1 aromatic carbocycles. The number of benzene rings is 1. The lowest BCUT2D eigenvalue weighted by Gasteiger charge is -2.35. The summed E-state index contributed by atoms with van der Waals surface area (Å²) in [7, 11) is 0. The second-order valence-electron chi connectivity index (χ2n) is 5.34. The van der Waals surface area contributed by atoms with E-state index in [4.69, 9.17) is 0 Å². The van der Waals surface area contributed by atoms with E-state index in [0.717, 1.165) is 13.0 Å². The van der Waals surface area contributed by atoms with Crippen molar-refractivity contribution in [1.82, 2.24) is 9.80 Å². The number of hydrogen-bond acceptors (Lipinski definition) is 2. The summed E-state index contributed by atoms with van der Waals surface area (Å²) in [6.07, 6.45) is -3.08. The minimum atomic E-state index is -4.09. The summed E-state index contributed by atoms with van der Waals surface area (Å²) in [5.74, 6) is 0. The number of nitrogens with zero attached hydrogens (tertiary/aromatic N) is 2. The fraction of sp³-hybridized carbons (Fsp3) is 0.600. The molecular weight excluding hydrogens is 265 g/mol. The highest BCUT2D eigenvalue weighted by Crippen LogP contribution is 2.18. The van der Waals surface area contributed by atoms with E-state index in [-0.39, 0.29) is 0 Å². The molecule has 1 saturated heterocycles. The maximum absolute atomic E-state index is 12.3. The van der Waals surface area contributed by atoms with Crippen LogP contribution in [0.2, 0.25) is 0 Å². The Morgan fingerprint density at radius 2 is 1.60 bits per heavy atom. The molecule has 0 radical (unpaired) electrons. The Morgan fingerprint density at radius 1 is 1.00 bits per heavy atom. The van der Waals surface area contributed by atoms with Gasteiger partial charge >= 0.3 is 6.18 Å². The third kappa shape index (κ3) is 4.80. The second kappa shape index (κ2) is 6.59. The van der Waals surface area contributed by atoms with Crippen LogP contribution in [0.15, 0.2) is 24.3 Å². The van der Waals surface area contributed by atoms with E-state index in [9.17, 15) is 13.2 Å². The molecule has 0 bridgehead atoms. The number of piperazine rings is 1. The molecule has 0 N–H and O–H groups in total. The monoisotopic (exact) mass is 286 g/mol. The fourth-order valence-corrected chi connectivity index (χ4v) is 2.57. The van der Waals surface area contributed by atoms with E-state index in [0.29, 0.717) is 26.2 Å². The highest BCUT2D eigenvalue weighted by atomic mass is 19.4. The van der Waals surface area contributed by atoms with Gasteiger partial charge in [0.15, 0.2) is 0 Å². The first-order chi connectivity index (χ1) is 9.46. The van der Waals surface area contributed by atoms with Crippen LogP contribution in [0.25, 0.3) is 0 Å². The summed E-state index contributed by atoms with van der Waals surface area (Å²) >= 11 is 0. The van der Waals surface area contributed by atoms with Crippen LogP contribution < -0.4 is 0 Å². The number of aryl methyl sites for hydroxylation is 1. The quantitative estimate of drug-likeness (QED) is 0.839. The van der Waals surface area contributed by atoms with E-state index in [2.05, 4.69) is 30.0 Å². The average molecular weight is 286 g/mol. The highest BCUT2D eigenvalue weighted by Gasteiger charge is 2.32. The van der Waals surface area contributed by atoms with Crippen LogP contribution in [0.5, 0.6) is 0 Å². The van der Waals surface area contributed by atoms with Crippen molar-refractivity contribution in [3.63, 3.8) is 0 Å². The lowest BCUT2D eigenvalue weighted by atomic mass is 10.1. The third-order valence-corrected chi connectivity index (χ3v) is 3.67. The molecule has 5 heteroatoms. The summed E-state index contributed by atoms with van der Waals surface area (Å²) in [5.41, 5.74) is 2.55. The van der Waals surface area contributed by atoms with Crippen molar-refractivity contribution in [2.45, 2.75) is 26.1 Å². The molecule has 0 amide bonds. The maximum Gasteiger partial charge on any atom is 0.401 e. The normalized spacial score (nSPS) is 18.4. The molecule has 2 rings (SSSR count). The van der Waals surface area contributed by atoms with Crippen LogP contribution in [0.1, 0.15) is 18.1 Å². The highest BCUT2D eigenvalue weighted by molar-refractivity contribution is 5.23.